The predicted octanol–water partition coefficient (Wildman–Crippen LogP) is 1.90. The molecule has 0 saturated heterocycles. The molecule has 1 aromatic heterocycles. The number of carboxylic acid groups (broad SMARTS) is 1. The molecule has 0 amide bonds. The summed E-state index contributed by atoms with van der Waals surface area (Å²) in [6.45, 7) is 0. The number of fused-ring (bicyclic) bond motifs is 1. The van der Waals surface area contributed by atoms with Gasteiger partial charge in [-0.25, -0.2) is 9.59 Å². The average molecular weight is 258 g/mol. The molecule has 5 heteroatoms. The monoisotopic (exact) mass is 258 g/mol. The Balaban J connectivity index is 2.22. The van der Waals surface area contributed by atoms with Gasteiger partial charge in [-0.1, -0.05) is 18.2 Å². The first kappa shape index (κ1) is 13.1. The molecular formula is C14H14N2O3. The highest BCUT2D eigenvalue weighted by atomic mass is 16.4. The molecule has 5 nitrogen and oxygen atoms in total. The minimum atomic E-state index is -1.09. The maximum atomic E-state index is 10.9. The highest BCUT2D eigenvalue weighted by Crippen LogP contribution is 2.22. The minimum absolute atomic E-state index is 0.290. The van der Waals surface area contributed by atoms with Crippen LogP contribution in [-0.4, -0.2) is 27.8 Å². The van der Waals surface area contributed by atoms with Crippen molar-refractivity contribution >= 4 is 23.0 Å². The smallest absolute Gasteiger partial charge is 0.329 e. The van der Waals surface area contributed by atoms with Crippen molar-refractivity contribution in [3.8, 4) is 0 Å². The number of aromatic nitrogens is 1. The van der Waals surface area contributed by atoms with Crippen molar-refractivity contribution in [2.24, 2.45) is 12.0 Å². The molecule has 0 radical (unpaired) electrons. The first-order valence-electron chi connectivity index (χ1n) is 5.96. The van der Waals surface area contributed by atoms with Crippen molar-refractivity contribution in [3.05, 3.63) is 36.0 Å². The summed E-state index contributed by atoms with van der Waals surface area (Å²) in [4.78, 5) is 24.4. The van der Waals surface area contributed by atoms with Crippen molar-refractivity contribution in [3.63, 3.8) is 0 Å². The summed E-state index contributed by atoms with van der Waals surface area (Å²) in [5.74, 6) is -1.09. The van der Waals surface area contributed by atoms with E-state index in [1.54, 1.807) is 0 Å². The van der Waals surface area contributed by atoms with Gasteiger partial charge in [-0.2, -0.15) is 4.99 Å². The molecule has 1 heterocycles. The second-order valence-corrected chi connectivity index (χ2v) is 4.40. The Morgan fingerprint density at radius 1 is 1.47 bits per heavy atom. The number of aliphatic carboxylic acids is 1. The number of aryl methyl sites for hydroxylation is 2. The standard InChI is InChI=1S/C14H14N2O3/c1-16-8-10(11-4-2-3-5-13(11)16)6-7-12(14(18)19)15-9-17/h2-5,8,12H,6-7H2,1H3,(H,18,19)/t12-/m1/s1. The van der Waals surface area contributed by atoms with Crippen LogP contribution in [0.25, 0.3) is 10.9 Å². The Hall–Kier alpha value is -2.39. The van der Waals surface area contributed by atoms with Gasteiger partial charge >= 0.3 is 5.97 Å². The van der Waals surface area contributed by atoms with Crippen molar-refractivity contribution in [1.82, 2.24) is 4.57 Å². The summed E-state index contributed by atoms with van der Waals surface area (Å²) in [5, 5.41) is 10.0. The molecule has 0 aliphatic carbocycles. The van der Waals surface area contributed by atoms with Crippen molar-refractivity contribution in [1.29, 1.82) is 0 Å². The van der Waals surface area contributed by atoms with Crippen LogP contribution in [-0.2, 0) is 23.1 Å². The summed E-state index contributed by atoms with van der Waals surface area (Å²) in [5.41, 5.74) is 2.16. The summed E-state index contributed by atoms with van der Waals surface area (Å²) < 4.78 is 2.00. The van der Waals surface area contributed by atoms with Gasteiger partial charge in [0.1, 0.15) is 0 Å². The van der Waals surface area contributed by atoms with Gasteiger partial charge in [0.15, 0.2) is 6.04 Å². The van der Waals surface area contributed by atoms with Gasteiger partial charge in [0.05, 0.1) is 0 Å². The van der Waals surface area contributed by atoms with Crippen LogP contribution in [0.15, 0.2) is 35.5 Å². The van der Waals surface area contributed by atoms with Gasteiger partial charge in [0.25, 0.3) is 0 Å². The number of para-hydroxylation sites is 1. The summed E-state index contributed by atoms with van der Waals surface area (Å²) in [7, 11) is 1.95. The van der Waals surface area contributed by atoms with E-state index in [9.17, 15) is 9.59 Å². The lowest BCUT2D eigenvalue weighted by atomic mass is 10.0. The molecule has 0 fully saturated rings. The quantitative estimate of drug-likeness (QED) is 0.657. The fourth-order valence-corrected chi connectivity index (χ4v) is 2.22. The average Bonchev–Trinajstić information content (AvgIpc) is 2.72. The third kappa shape index (κ3) is 2.72. The molecule has 0 spiro atoms. The van der Waals surface area contributed by atoms with Crippen LogP contribution in [0.1, 0.15) is 12.0 Å². The van der Waals surface area contributed by atoms with Crippen molar-refractivity contribution in [2.75, 3.05) is 0 Å². The molecule has 0 bridgehead atoms. The summed E-state index contributed by atoms with van der Waals surface area (Å²) in [6, 6.07) is 6.91. The number of carboxylic acids is 1. The fourth-order valence-electron chi connectivity index (χ4n) is 2.22. The zero-order valence-electron chi connectivity index (χ0n) is 10.5. The maximum Gasteiger partial charge on any atom is 0.329 e. The number of carbonyl (C=O) groups is 1. The molecule has 2 aromatic rings. The number of aliphatic imine (C=N–C) groups is 1. The van der Waals surface area contributed by atoms with Crippen molar-refractivity contribution in [2.45, 2.75) is 18.9 Å². The Labute approximate surface area is 110 Å². The first-order chi connectivity index (χ1) is 9.13. The molecule has 0 saturated carbocycles. The molecule has 1 aromatic carbocycles. The van der Waals surface area contributed by atoms with E-state index in [-0.39, 0.29) is 0 Å². The number of isocyanates is 1. The van der Waals surface area contributed by atoms with E-state index < -0.39 is 12.0 Å². The number of nitrogens with zero attached hydrogens (tertiary/aromatic N) is 2. The van der Waals surface area contributed by atoms with Crippen LogP contribution in [0.3, 0.4) is 0 Å². The SMILES string of the molecule is Cn1cc(CC[C@@H](N=C=O)C(=O)O)c2ccccc21. The molecule has 2 rings (SSSR count). The van der Waals surface area contributed by atoms with Gasteiger partial charge < -0.3 is 9.67 Å². The van der Waals surface area contributed by atoms with E-state index in [4.69, 9.17) is 5.11 Å². The third-order valence-electron chi connectivity index (χ3n) is 3.16. The fraction of sp³-hybridized carbons (Fsp3) is 0.286. The molecule has 0 aliphatic rings. The highest BCUT2D eigenvalue weighted by molar-refractivity contribution is 5.84. The van der Waals surface area contributed by atoms with E-state index in [0.29, 0.717) is 12.8 Å². The van der Waals surface area contributed by atoms with Crippen LogP contribution in [0.4, 0.5) is 0 Å². The van der Waals surface area contributed by atoms with Gasteiger partial charge in [-0.15, -0.1) is 0 Å². The van der Waals surface area contributed by atoms with E-state index in [1.807, 2.05) is 42.1 Å². The highest BCUT2D eigenvalue weighted by Gasteiger charge is 2.17. The molecular weight excluding hydrogens is 244 g/mol. The topological polar surface area (TPSA) is 71.7 Å². The number of hydrogen-bond donors (Lipinski definition) is 1. The molecule has 19 heavy (non-hydrogen) atoms. The normalized spacial score (nSPS) is 12.1. The van der Waals surface area contributed by atoms with Crippen molar-refractivity contribution < 1.29 is 14.7 Å². The van der Waals surface area contributed by atoms with Crippen LogP contribution >= 0.6 is 0 Å². The van der Waals surface area contributed by atoms with Crippen LogP contribution < -0.4 is 0 Å². The largest absolute Gasteiger partial charge is 0.480 e. The second kappa shape index (κ2) is 5.50. The van der Waals surface area contributed by atoms with Gasteiger partial charge in [-0.3, -0.25) is 0 Å². The Kier molecular flexibility index (Phi) is 3.78. The molecule has 0 aliphatic heterocycles. The Morgan fingerprint density at radius 2 is 2.21 bits per heavy atom. The lowest BCUT2D eigenvalue weighted by Gasteiger charge is -2.04. The molecule has 98 valence electrons. The minimum Gasteiger partial charge on any atom is -0.480 e. The van der Waals surface area contributed by atoms with Gasteiger partial charge in [0.2, 0.25) is 6.08 Å². The zero-order chi connectivity index (χ0) is 13.8. The van der Waals surface area contributed by atoms with E-state index >= 15 is 0 Å². The Morgan fingerprint density at radius 3 is 2.89 bits per heavy atom. The Bertz CT molecular complexity index is 652. The second-order valence-electron chi connectivity index (χ2n) is 4.40. The van der Waals surface area contributed by atoms with Gasteiger partial charge in [-0.05, 0) is 24.5 Å². The zero-order valence-corrected chi connectivity index (χ0v) is 10.5. The predicted molar refractivity (Wildman–Crippen MR) is 70.8 cm³/mol. The maximum absolute atomic E-state index is 10.9. The van der Waals surface area contributed by atoms with E-state index in [0.717, 1.165) is 16.5 Å². The molecule has 1 atom stereocenters. The third-order valence-corrected chi connectivity index (χ3v) is 3.16. The van der Waals surface area contributed by atoms with E-state index in [2.05, 4.69) is 4.99 Å². The lowest BCUT2D eigenvalue weighted by molar-refractivity contribution is -0.138. The van der Waals surface area contributed by atoms with E-state index in [1.165, 1.54) is 6.08 Å². The first-order valence-corrected chi connectivity index (χ1v) is 5.96. The molecule has 0 unspecified atom stereocenters. The number of rotatable bonds is 5. The number of carbonyl (C=O) groups excluding carboxylic acids is 1. The van der Waals surface area contributed by atoms with Crippen LogP contribution in [0, 0.1) is 0 Å². The summed E-state index contributed by atoms with van der Waals surface area (Å²) >= 11 is 0. The van der Waals surface area contributed by atoms with Gasteiger partial charge in [0, 0.05) is 24.1 Å². The van der Waals surface area contributed by atoms with Crippen LogP contribution in [0.2, 0.25) is 0 Å². The number of hydrogen-bond acceptors (Lipinski definition) is 3. The molecule has 1 N–H and O–H groups in total. The number of benzene rings is 1. The summed E-state index contributed by atoms with van der Waals surface area (Å²) in [6.07, 6.45) is 4.15. The lowest BCUT2D eigenvalue weighted by Crippen LogP contribution is -2.18. The van der Waals surface area contributed by atoms with Crippen LogP contribution in [0.5, 0.6) is 0 Å².